The minimum Gasteiger partial charge on any atom is -0.396 e. The zero-order valence-electron chi connectivity index (χ0n) is 13.6. The fourth-order valence-corrected chi connectivity index (χ4v) is 3.21. The maximum atomic E-state index is 6.56. The number of nitrogens with two attached hydrogens (primary N) is 2. The zero-order valence-corrected chi connectivity index (χ0v) is 13.6. The van der Waals surface area contributed by atoms with Gasteiger partial charge < -0.3 is 15.5 Å². The average Bonchev–Trinajstić information content (AvgIpc) is 2.59. The molecular weight excluding hydrogens is 286 g/mol. The molecule has 1 unspecified atom stereocenters. The molecule has 0 saturated carbocycles. The summed E-state index contributed by atoms with van der Waals surface area (Å²) in [6, 6.07) is 16.4. The second-order valence-electron chi connectivity index (χ2n) is 5.72. The minimum atomic E-state index is -0.0271. The predicted octanol–water partition coefficient (Wildman–Crippen LogP) is 2.91. The number of nitrogens with zero attached hydrogens (tertiary/aromatic N) is 1. The van der Waals surface area contributed by atoms with Crippen LogP contribution in [0.25, 0.3) is 11.4 Å². The summed E-state index contributed by atoms with van der Waals surface area (Å²) in [7, 11) is 1.75. The topological polar surface area (TPSA) is 64.5 Å². The lowest BCUT2D eigenvalue weighted by Crippen LogP contribution is -2.32. The van der Waals surface area contributed by atoms with Crippen molar-refractivity contribution >= 4 is 11.4 Å². The standard InChI is InChI=1S/C19H23N3O/c1-3-22(21)19-16-11-7-6-10-15(16)17(23-2)12-13-8-4-5-9-14(13)18(19)20/h4-11,17H,3,12,20-21H2,1-2H3/b19-18-. The molecule has 0 bridgehead atoms. The lowest BCUT2D eigenvalue weighted by atomic mass is 9.88. The van der Waals surface area contributed by atoms with Crippen LogP contribution in [-0.4, -0.2) is 18.7 Å². The number of fused-ring (bicyclic) bond motifs is 2. The molecule has 3 rings (SSSR count). The van der Waals surface area contributed by atoms with Crippen LogP contribution in [0.2, 0.25) is 0 Å². The van der Waals surface area contributed by atoms with Gasteiger partial charge in [-0.25, -0.2) is 5.84 Å². The highest BCUT2D eigenvalue weighted by atomic mass is 16.5. The van der Waals surface area contributed by atoms with Gasteiger partial charge >= 0.3 is 0 Å². The minimum absolute atomic E-state index is 0.0271. The van der Waals surface area contributed by atoms with Crippen molar-refractivity contribution in [3.05, 3.63) is 70.8 Å². The highest BCUT2D eigenvalue weighted by Crippen LogP contribution is 2.37. The van der Waals surface area contributed by atoms with Crippen molar-refractivity contribution in [2.24, 2.45) is 11.6 Å². The van der Waals surface area contributed by atoms with E-state index in [-0.39, 0.29) is 6.10 Å². The molecule has 2 aromatic rings. The Labute approximate surface area is 137 Å². The number of methoxy groups -OCH3 is 1. The van der Waals surface area contributed by atoms with Crippen LogP contribution in [0.5, 0.6) is 0 Å². The van der Waals surface area contributed by atoms with Gasteiger partial charge in [0, 0.05) is 31.2 Å². The molecule has 4 heteroatoms. The maximum absolute atomic E-state index is 6.56. The van der Waals surface area contributed by atoms with Crippen LogP contribution in [0.4, 0.5) is 0 Å². The molecule has 0 amide bonds. The Morgan fingerprint density at radius 3 is 2.43 bits per heavy atom. The van der Waals surface area contributed by atoms with Gasteiger partial charge in [0.1, 0.15) is 0 Å². The number of hydrogen-bond acceptors (Lipinski definition) is 4. The van der Waals surface area contributed by atoms with Gasteiger partial charge in [0.25, 0.3) is 0 Å². The molecule has 1 aliphatic rings. The van der Waals surface area contributed by atoms with Gasteiger partial charge in [0.15, 0.2) is 0 Å². The summed E-state index contributed by atoms with van der Waals surface area (Å²) < 4.78 is 5.78. The second-order valence-corrected chi connectivity index (χ2v) is 5.72. The molecule has 4 nitrogen and oxygen atoms in total. The Balaban J connectivity index is 2.34. The first-order chi connectivity index (χ1) is 11.2. The fraction of sp³-hybridized carbons (Fsp3) is 0.263. The van der Waals surface area contributed by atoms with Gasteiger partial charge in [-0.15, -0.1) is 0 Å². The molecule has 0 fully saturated rings. The first-order valence-electron chi connectivity index (χ1n) is 7.89. The van der Waals surface area contributed by atoms with Crippen LogP contribution in [0.3, 0.4) is 0 Å². The molecule has 0 saturated heterocycles. The summed E-state index contributed by atoms with van der Waals surface area (Å²) in [6.07, 6.45) is 0.759. The Hall–Kier alpha value is -2.30. The second kappa shape index (κ2) is 6.44. The fourth-order valence-electron chi connectivity index (χ4n) is 3.21. The highest BCUT2D eigenvalue weighted by molar-refractivity contribution is 5.90. The summed E-state index contributed by atoms with van der Waals surface area (Å²) in [5, 5.41) is 1.71. The third-order valence-electron chi connectivity index (χ3n) is 4.44. The van der Waals surface area contributed by atoms with E-state index in [4.69, 9.17) is 16.3 Å². The van der Waals surface area contributed by atoms with Crippen molar-refractivity contribution in [2.75, 3.05) is 13.7 Å². The SMILES string of the molecule is CCN(N)/C1=C(\N)c2ccccc2CC(OC)c2ccccc21. The van der Waals surface area contributed by atoms with Crippen molar-refractivity contribution in [2.45, 2.75) is 19.4 Å². The number of hydrazine groups is 1. The lowest BCUT2D eigenvalue weighted by Gasteiger charge is -2.30. The van der Waals surface area contributed by atoms with Gasteiger partial charge in [-0.05, 0) is 18.1 Å². The lowest BCUT2D eigenvalue weighted by molar-refractivity contribution is 0.103. The quantitative estimate of drug-likeness (QED) is 0.676. The molecule has 2 aromatic carbocycles. The van der Waals surface area contributed by atoms with Gasteiger partial charge in [-0.3, -0.25) is 0 Å². The van der Waals surface area contributed by atoms with Crippen LogP contribution in [-0.2, 0) is 11.2 Å². The van der Waals surface area contributed by atoms with Crippen LogP contribution < -0.4 is 11.6 Å². The van der Waals surface area contributed by atoms with E-state index in [0.29, 0.717) is 12.2 Å². The molecule has 4 N–H and O–H groups in total. The van der Waals surface area contributed by atoms with Gasteiger partial charge in [-0.2, -0.15) is 0 Å². The monoisotopic (exact) mass is 309 g/mol. The Morgan fingerprint density at radius 2 is 1.74 bits per heavy atom. The van der Waals surface area contributed by atoms with Crippen molar-refractivity contribution in [3.8, 4) is 0 Å². The van der Waals surface area contributed by atoms with Crippen molar-refractivity contribution in [1.82, 2.24) is 5.01 Å². The molecule has 23 heavy (non-hydrogen) atoms. The van der Waals surface area contributed by atoms with E-state index >= 15 is 0 Å². The number of ether oxygens (including phenoxy) is 1. The Morgan fingerprint density at radius 1 is 1.09 bits per heavy atom. The number of rotatable bonds is 3. The van der Waals surface area contributed by atoms with E-state index in [2.05, 4.69) is 24.3 Å². The summed E-state index contributed by atoms with van der Waals surface area (Å²) >= 11 is 0. The third kappa shape index (κ3) is 2.71. The van der Waals surface area contributed by atoms with E-state index < -0.39 is 0 Å². The first-order valence-corrected chi connectivity index (χ1v) is 7.89. The predicted molar refractivity (Wildman–Crippen MR) is 93.9 cm³/mol. The summed E-state index contributed by atoms with van der Waals surface area (Å²) in [4.78, 5) is 0. The van der Waals surface area contributed by atoms with Crippen molar-refractivity contribution < 1.29 is 4.74 Å². The number of benzene rings is 2. The molecule has 0 aromatic heterocycles. The molecule has 1 aliphatic carbocycles. The van der Waals surface area contributed by atoms with E-state index in [0.717, 1.165) is 28.8 Å². The Bertz CT molecular complexity index is 739. The molecule has 0 spiro atoms. The van der Waals surface area contributed by atoms with Crippen molar-refractivity contribution in [1.29, 1.82) is 0 Å². The summed E-state index contributed by atoms with van der Waals surface area (Å²) in [6.45, 7) is 2.69. The molecular formula is C19H23N3O. The molecule has 120 valence electrons. The van der Waals surface area contributed by atoms with Crippen molar-refractivity contribution in [3.63, 3.8) is 0 Å². The summed E-state index contributed by atoms with van der Waals surface area (Å²) in [5.74, 6) is 6.27. The maximum Gasteiger partial charge on any atom is 0.0868 e. The molecule has 0 radical (unpaired) electrons. The van der Waals surface area contributed by atoms with E-state index in [1.54, 1.807) is 12.1 Å². The van der Waals surface area contributed by atoms with Crippen LogP contribution in [0, 0.1) is 0 Å². The van der Waals surface area contributed by atoms with Gasteiger partial charge in [0.2, 0.25) is 0 Å². The normalized spacial score (nSPS) is 20.2. The average molecular weight is 309 g/mol. The van der Waals surface area contributed by atoms with Crippen LogP contribution in [0.1, 0.15) is 35.3 Å². The molecule has 1 atom stereocenters. The first kappa shape index (κ1) is 15.6. The highest BCUT2D eigenvalue weighted by Gasteiger charge is 2.25. The third-order valence-corrected chi connectivity index (χ3v) is 4.44. The van der Waals surface area contributed by atoms with E-state index in [1.807, 2.05) is 31.2 Å². The smallest absolute Gasteiger partial charge is 0.0868 e. The molecule has 0 heterocycles. The number of hydrogen-bond donors (Lipinski definition) is 2. The Kier molecular flexibility index (Phi) is 4.37. The van der Waals surface area contributed by atoms with Gasteiger partial charge in [0.05, 0.1) is 17.5 Å². The largest absolute Gasteiger partial charge is 0.396 e. The van der Waals surface area contributed by atoms with E-state index in [1.165, 1.54) is 5.56 Å². The molecule has 0 aliphatic heterocycles. The zero-order chi connectivity index (χ0) is 16.4. The van der Waals surface area contributed by atoms with Gasteiger partial charge in [-0.1, -0.05) is 48.5 Å². The summed E-state index contributed by atoms with van der Waals surface area (Å²) in [5.41, 5.74) is 12.5. The van der Waals surface area contributed by atoms with Crippen LogP contribution >= 0.6 is 0 Å². The van der Waals surface area contributed by atoms with E-state index in [9.17, 15) is 0 Å². The van der Waals surface area contributed by atoms with Crippen LogP contribution in [0.15, 0.2) is 48.5 Å².